The number of thiophene rings is 1. The number of carbonyl (C=O) groups excluding carboxylic acids is 1. The van der Waals surface area contributed by atoms with E-state index in [1.807, 2.05) is 7.05 Å². The van der Waals surface area contributed by atoms with Crippen molar-refractivity contribution in [2.45, 2.75) is 17.7 Å². The van der Waals surface area contributed by atoms with E-state index >= 15 is 0 Å². The van der Waals surface area contributed by atoms with Crippen molar-refractivity contribution in [1.29, 1.82) is 0 Å². The lowest BCUT2D eigenvalue weighted by Gasteiger charge is -2.31. The third-order valence-electron chi connectivity index (χ3n) is 3.59. The molecule has 9 heteroatoms. The smallest absolute Gasteiger partial charge is 0.349 e. The van der Waals surface area contributed by atoms with Crippen molar-refractivity contribution < 1.29 is 17.9 Å². The molecule has 1 aromatic rings. The number of hydrogen-bond donors (Lipinski definition) is 1. The van der Waals surface area contributed by atoms with Crippen LogP contribution < -0.4 is 5.32 Å². The van der Waals surface area contributed by atoms with Gasteiger partial charge >= 0.3 is 5.97 Å². The molecule has 126 valence electrons. The van der Waals surface area contributed by atoms with E-state index in [-0.39, 0.29) is 22.2 Å². The van der Waals surface area contributed by atoms with Crippen LogP contribution >= 0.6 is 23.7 Å². The molecule has 22 heavy (non-hydrogen) atoms. The molecule has 2 heterocycles. The Labute approximate surface area is 141 Å². The number of piperidine rings is 1. The Kier molecular flexibility index (Phi) is 7.27. The fourth-order valence-corrected chi connectivity index (χ4v) is 5.44. The summed E-state index contributed by atoms with van der Waals surface area (Å²) in [6.45, 7) is 1.78. The second-order valence-corrected chi connectivity index (χ2v) is 7.86. The Morgan fingerprint density at radius 2 is 2.27 bits per heavy atom. The molecule has 1 atom stereocenters. The molecule has 0 spiro atoms. The minimum absolute atomic E-state index is 0. The number of hydrogen-bond acceptors (Lipinski definition) is 6. The summed E-state index contributed by atoms with van der Waals surface area (Å²) in [6.07, 6.45) is 1.85. The molecule has 1 aromatic heterocycles. The highest BCUT2D eigenvalue weighted by atomic mass is 35.5. The normalized spacial score (nSPS) is 19.5. The molecule has 0 aromatic carbocycles. The van der Waals surface area contributed by atoms with Crippen LogP contribution in [0.2, 0.25) is 0 Å². The quantitative estimate of drug-likeness (QED) is 0.798. The third-order valence-corrected chi connectivity index (χ3v) is 6.52. The van der Waals surface area contributed by atoms with E-state index in [2.05, 4.69) is 10.1 Å². The zero-order valence-electron chi connectivity index (χ0n) is 12.6. The van der Waals surface area contributed by atoms with Crippen molar-refractivity contribution >= 4 is 39.7 Å². The second kappa shape index (κ2) is 8.26. The first-order valence-corrected chi connectivity index (χ1v) is 9.13. The Bertz CT molecular complexity index is 601. The molecular formula is C13H21ClN2O4S2. The highest BCUT2D eigenvalue weighted by Crippen LogP contribution is 2.29. The number of nitrogens with one attached hydrogen (secondary N) is 1. The fourth-order valence-electron chi connectivity index (χ4n) is 2.58. The Hall–Kier alpha value is -0.670. The van der Waals surface area contributed by atoms with Crippen LogP contribution in [0.15, 0.2) is 16.3 Å². The van der Waals surface area contributed by atoms with Crippen molar-refractivity contribution in [1.82, 2.24) is 9.62 Å². The van der Waals surface area contributed by atoms with Gasteiger partial charge in [-0.05, 0) is 43.8 Å². The summed E-state index contributed by atoms with van der Waals surface area (Å²) in [5.74, 6) is -0.300. The standard InChI is InChI=1S/C13H20N2O4S2.ClH/c1-14-8-10-4-3-6-15(9-10)21(17,18)11-5-7-20-12(11)13(16)19-2;/h5,7,10,14H,3-4,6,8-9H2,1-2H3;1H. The topological polar surface area (TPSA) is 75.7 Å². The number of carbonyl (C=O) groups is 1. The van der Waals surface area contributed by atoms with Gasteiger partial charge in [-0.2, -0.15) is 4.31 Å². The van der Waals surface area contributed by atoms with Crippen LogP contribution in [0, 0.1) is 5.92 Å². The number of rotatable bonds is 5. The van der Waals surface area contributed by atoms with E-state index in [1.165, 1.54) is 17.5 Å². The van der Waals surface area contributed by atoms with E-state index in [1.54, 1.807) is 5.38 Å². The van der Waals surface area contributed by atoms with E-state index < -0.39 is 16.0 Å². The van der Waals surface area contributed by atoms with Gasteiger partial charge in [0.05, 0.1) is 7.11 Å². The number of sulfonamides is 1. The zero-order chi connectivity index (χ0) is 15.5. The van der Waals surface area contributed by atoms with Gasteiger partial charge < -0.3 is 10.1 Å². The molecular weight excluding hydrogens is 348 g/mol. The summed E-state index contributed by atoms with van der Waals surface area (Å²) in [6, 6.07) is 1.48. The average molecular weight is 369 g/mol. The number of ether oxygens (including phenoxy) is 1. The summed E-state index contributed by atoms with van der Waals surface area (Å²) in [5, 5.41) is 4.69. The number of halogens is 1. The van der Waals surface area contributed by atoms with Crippen molar-refractivity contribution in [3.8, 4) is 0 Å². The van der Waals surface area contributed by atoms with Crippen LogP contribution in [0.1, 0.15) is 22.5 Å². The van der Waals surface area contributed by atoms with Crippen LogP contribution in [0.4, 0.5) is 0 Å². The first-order chi connectivity index (χ1) is 10.0. The monoisotopic (exact) mass is 368 g/mol. The van der Waals surface area contributed by atoms with Crippen molar-refractivity contribution in [2.24, 2.45) is 5.92 Å². The molecule has 1 aliphatic heterocycles. The maximum Gasteiger partial charge on any atom is 0.349 e. The number of nitrogens with zero attached hydrogens (tertiary/aromatic N) is 1. The van der Waals surface area contributed by atoms with Gasteiger partial charge in [-0.25, -0.2) is 13.2 Å². The lowest BCUT2D eigenvalue weighted by Crippen LogP contribution is -2.42. The molecule has 1 aliphatic rings. The van der Waals surface area contributed by atoms with Gasteiger partial charge in [-0.15, -0.1) is 23.7 Å². The maximum absolute atomic E-state index is 12.7. The molecule has 0 amide bonds. The second-order valence-electron chi connectivity index (χ2n) is 5.03. The predicted octanol–water partition coefficient (Wildman–Crippen LogP) is 1.58. The van der Waals surface area contributed by atoms with Crippen LogP contribution in [-0.4, -0.2) is 52.5 Å². The van der Waals surface area contributed by atoms with Crippen LogP contribution in [-0.2, 0) is 14.8 Å². The molecule has 1 saturated heterocycles. The molecule has 6 nitrogen and oxygen atoms in total. The van der Waals surface area contributed by atoms with Gasteiger partial charge in [0, 0.05) is 13.1 Å². The Balaban J connectivity index is 0.00000242. The largest absolute Gasteiger partial charge is 0.465 e. The van der Waals surface area contributed by atoms with Gasteiger partial charge in [0.2, 0.25) is 10.0 Å². The molecule has 1 unspecified atom stereocenters. The number of methoxy groups -OCH3 is 1. The van der Waals surface area contributed by atoms with Crippen LogP contribution in [0.3, 0.4) is 0 Å². The zero-order valence-corrected chi connectivity index (χ0v) is 15.0. The van der Waals surface area contributed by atoms with E-state index in [0.717, 1.165) is 30.7 Å². The summed E-state index contributed by atoms with van der Waals surface area (Å²) in [4.78, 5) is 11.9. The lowest BCUT2D eigenvalue weighted by molar-refractivity contribution is 0.0602. The predicted molar refractivity (Wildman–Crippen MR) is 88.3 cm³/mol. The van der Waals surface area contributed by atoms with Crippen LogP contribution in [0.25, 0.3) is 0 Å². The fraction of sp³-hybridized carbons (Fsp3) is 0.615. The van der Waals surface area contributed by atoms with Crippen molar-refractivity contribution in [3.63, 3.8) is 0 Å². The highest BCUT2D eigenvalue weighted by molar-refractivity contribution is 7.89. The lowest BCUT2D eigenvalue weighted by atomic mass is 10.00. The van der Waals surface area contributed by atoms with Gasteiger partial charge in [-0.1, -0.05) is 0 Å². The minimum Gasteiger partial charge on any atom is -0.465 e. The van der Waals surface area contributed by atoms with Gasteiger partial charge in [-0.3, -0.25) is 0 Å². The Morgan fingerprint density at radius 1 is 1.55 bits per heavy atom. The molecule has 0 radical (unpaired) electrons. The molecule has 0 bridgehead atoms. The van der Waals surface area contributed by atoms with Crippen molar-refractivity contribution in [3.05, 3.63) is 16.3 Å². The summed E-state index contributed by atoms with van der Waals surface area (Å²) >= 11 is 1.09. The molecule has 0 saturated carbocycles. The highest BCUT2D eigenvalue weighted by Gasteiger charge is 2.33. The summed E-state index contributed by atoms with van der Waals surface area (Å²) in [7, 11) is -0.526. The summed E-state index contributed by atoms with van der Waals surface area (Å²) in [5.41, 5.74) is 0. The van der Waals surface area contributed by atoms with E-state index in [0.29, 0.717) is 19.0 Å². The molecule has 2 rings (SSSR count). The molecule has 1 fully saturated rings. The number of esters is 1. The first kappa shape index (κ1) is 19.4. The van der Waals surface area contributed by atoms with Gasteiger partial charge in [0.15, 0.2) is 0 Å². The first-order valence-electron chi connectivity index (χ1n) is 6.81. The Morgan fingerprint density at radius 3 is 2.91 bits per heavy atom. The van der Waals surface area contributed by atoms with E-state index in [4.69, 9.17) is 0 Å². The van der Waals surface area contributed by atoms with Crippen LogP contribution in [0.5, 0.6) is 0 Å². The average Bonchev–Trinajstić information content (AvgIpc) is 2.97. The van der Waals surface area contributed by atoms with E-state index in [9.17, 15) is 13.2 Å². The van der Waals surface area contributed by atoms with Crippen molar-refractivity contribution in [2.75, 3.05) is 33.8 Å². The van der Waals surface area contributed by atoms with Gasteiger partial charge in [0.25, 0.3) is 0 Å². The summed E-state index contributed by atoms with van der Waals surface area (Å²) < 4.78 is 31.6. The molecule has 1 N–H and O–H groups in total. The van der Waals surface area contributed by atoms with Gasteiger partial charge in [0.1, 0.15) is 9.77 Å². The maximum atomic E-state index is 12.7. The third kappa shape index (κ3) is 3.99. The SMILES string of the molecule is CNCC1CCCN(S(=O)(=O)c2ccsc2C(=O)OC)C1.Cl. The minimum atomic E-state index is -3.64. The molecule has 0 aliphatic carbocycles.